The molecule has 1 rings (SSSR count). The van der Waals surface area contributed by atoms with Crippen LogP contribution in [0.1, 0.15) is 32.3 Å². The van der Waals surface area contributed by atoms with Crippen LogP contribution in [-0.2, 0) is 14.8 Å². The van der Waals surface area contributed by atoms with Crippen molar-refractivity contribution in [2.45, 2.75) is 44.6 Å². The lowest BCUT2D eigenvalue weighted by Gasteiger charge is -2.11. The Labute approximate surface area is 131 Å². The van der Waals surface area contributed by atoms with Crippen LogP contribution in [0.25, 0.3) is 0 Å². The van der Waals surface area contributed by atoms with E-state index in [2.05, 4.69) is 4.72 Å². The molecule has 0 bridgehead atoms. The molecule has 0 saturated carbocycles. The molecule has 0 aliphatic heterocycles. The van der Waals surface area contributed by atoms with Gasteiger partial charge in [-0.15, -0.1) is 0 Å². The molecule has 0 unspecified atom stereocenters. The molecular formula is C14H23ClN2O3S. The van der Waals surface area contributed by atoms with Gasteiger partial charge in [-0.25, -0.2) is 13.1 Å². The van der Waals surface area contributed by atoms with Gasteiger partial charge in [-0.3, -0.25) is 0 Å². The molecule has 0 spiro atoms. The van der Waals surface area contributed by atoms with Crippen molar-refractivity contribution in [2.24, 2.45) is 0 Å². The summed E-state index contributed by atoms with van der Waals surface area (Å²) >= 11 is 5.99. The zero-order valence-corrected chi connectivity index (χ0v) is 14.2. The number of unbranched alkanes of at least 4 members (excludes halogenated alkanes) is 1. The van der Waals surface area contributed by atoms with Gasteiger partial charge in [-0.05, 0) is 51.3 Å². The van der Waals surface area contributed by atoms with E-state index in [9.17, 15) is 8.42 Å². The molecule has 5 nitrogen and oxygen atoms in total. The fourth-order valence-corrected chi connectivity index (χ4v) is 3.39. The Morgan fingerprint density at radius 3 is 2.62 bits per heavy atom. The van der Waals surface area contributed by atoms with E-state index in [4.69, 9.17) is 22.1 Å². The number of aryl methyl sites for hydroxylation is 1. The van der Waals surface area contributed by atoms with E-state index in [1.165, 1.54) is 6.07 Å². The van der Waals surface area contributed by atoms with Crippen molar-refractivity contribution in [3.05, 3.63) is 22.7 Å². The van der Waals surface area contributed by atoms with Gasteiger partial charge >= 0.3 is 0 Å². The number of hydrogen-bond acceptors (Lipinski definition) is 4. The number of anilines is 1. The first-order chi connectivity index (χ1) is 9.74. The first kappa shape index (κ1) is 18.2. The van der Waals surface area contributed by atoms with Crippen LogP contribution in [0.15, 0.2) is 17.0 Å². The Kier molecular flexibility index (Phi) is 6.93. The summed E-state index contributed by atoms with van der Waals surface area (Å²) in [5, 5.41) is 0.178. The van der Waals surface area contributed by atoms with Gasteiger partial charge in [0.1, 0.15) is 4.90 Å². The van der Waals surface area contributed by atoms with Gasteiger partial charge in [-0.2, -0.15) is 0 Å². The second-order valence-electron chi connectivity index (χ2n) is 5.16. The monoisotopic (exact) mass is 334 g/mol. The third-order valence-corrected chi connectivity index (χ3v) is 4.85. The van der Waals surface area contributed by atoms with Gasteiger partial charge < -0.3 is 10.5 Å². The van der Waals surface area contributed by atoms with Crippen LogP contribution in [0.3, 0.4) is 0 Å². The van der Waals surface area contributed by atoms with Crippen LogP contribution in [0.2, 0.25) is 5.02 Å². The highest BCUT2D eigenvalue weighted by molar-refractivity contribution is 7.89. The Morgan fingerprint density at radius 1 is 1.33 bits per heavy atom. The quantitative estimate of drug-likeness (QED) is 0.565. The second-order valence-corrected chi connectivity index (χ2v) is 7.31. The minimum atomic E-state index is -3.64. The third-order valence-electron chi connectivity index (χ3n) is 2.92. The molecule has 0 fully saturated rings. The van der Waals surface area contributed by atoms with Gasteiger partial charge in [-0.1, -0.05) is 11.6 Å². The number of nitrogens with two attached hydrogens (primary N) is 1. The van der Waals surface area contributed by atoms with Gasteiger partial charge in [0.25, 0.3) is 0 Å². The van der Waals surface area contributed by atoms with Crippen molar-refractivity contribution < 1.29 is 13.2 Å². The number of benzene rings is 1. The maximum atomic E-state index is 12.2. The Balaban J connectivity index is 2.56. The molecule has 0 aliphatic carbocycles. The summed E-state index contributed by atoms with van der Waals surface area (Å²) in [7, 11) is -3.64. The molecule has 0 aliphatic rings. The molecule has 0 aromatic heterocycles. The predicted molar refractivity (Wildman–Crippen MR) is 86.1 cm³/mol. The number of halogens is 1. The van der Waals surface area contributed by atoms with Gasteiger partial charge in [0.2, 0.25) is 10.0 Å². The minimum absolute atomic E-state index is 0.0192. The SMILES string of the molecule is Cc1cc(Cl)c(S(=O)(=O)NCCCCOC(C)C)cc1N. The van der Waals surface area contributed by atoms with E-state index in [-0.39, 0.29) is 16.0 Å². The molecule has 7 heteroatoms. The molecule has 0 heterocycles. The Morgan fingerprint density at radius 2 is 2.00 bits per heavy atom. The number of ether oxygens (including phenoxy) is 1. The zero-order valence-electron chi connectivity index (χ0n) is 12.6. The summed E-state index contributed by atoms with van der Waals surface area (Å²) < 4.78 is 32.3. The van der Waals surface area contributed by atoms with Crippen LogP contribution in [0.4, 0.5) is 5.69 Å². The fraction of sp³-hybridized carbons (Fsp3) is 0.571. The summed E-state index contributed by atoms with van der Waals surface area (Å²) in [4.78, 5) is 0.0192. The van der Waals surface area contributed by atoms with Crippen molar-refractivity contribution >= 4 is 27.3 Å². The molecule has 21 heavy (non-hydrogen) atoms. The van der Waals surface area contributed by atoms with Crippen LogP contribution in [-0.4, -0.2) is 27.7 Å². The van der Waals surface area contributed by atoms with Crippen molar-refractivity contribution in [3.8, 4) is 0 Å². The second kappa shape index (κ2) is 7.98. The van der Waals surface area contributed by atoms with E-state index in [0.29, 0.717) is 25.3 Å². The summed E-state index contributed by atoms with van der Waals surface area (Å²) in [5.74, 6) is 0. The number of nitrogen functional groups attached to an aromatic ring is 1. The summed E-state index contributed by atoms with van der Waals surface area (Å²) in [5.41, 5.74) is 6.90. The van der Waals surface area contributed by atoms with Crippen molar-refractivity contribution in [2.75, 3.05) is 18.9 Å². The van der Waals surface area contributed by atoms with E-state index in [0.717, 1.165) is 12.0 Å². The maximum Gasteiger partial charge on any atom is 0.242 e. The molecule has 120 valence electrons. The Bertz CT molecular complexity index is 574. The number of hydrogen-bond donors (Lipinski definition) is 2. The highest BCUT2D eigenvalue weighted by Gasteiger charge is 2.18. The van der Waals surface area contributed by atoms with Crippen LogP contribution in [0.5, 0.6) is 0 Å². The molecular weight excluding hydrogens is 312 g/mol. The molecule has 0 atom stereocenters. The normalized spacial score (nSPS) is 12.0. The largest absolute Gasteiger partial charge is 0.398 e. The molecule has 1 aromatic rings. The van der Waals surface area contributed by atoms with E-state index in [1.807, 2.05) is 13.8 Å². The highest BCUT2D eigenvalue weighted by Crippen LogP contribution is 2.26. The zero-order chi connectivity index (χ0) is 16.0. The lowest BCUT2D eigenvalue weighted by molar-refractivity contribution is 0.0762. The summed E-state index contributed by atoms with van der Waals surface area (Å²) in [6.45, 7) is 6.67. The standard InChI is InChI=1S/C14H23ClN2O3S/c1-10(2)20-7-5-4-6-17-21(18,19)14-9-13(16)11(3)8-12(14)15/h8-10,17H,4-7,16H2,1-3H3. The van der Waals surface area contributed by atoms with Crippen molar-refractivity contribution in [1.82, 2.24) is 4.72 Å². The average molecular weight is 335 g/mol. The average Bonchev–Trinajstić information content (AvgIpc) is 2.37. The fourth-order valence-electron chi connectivity index (χ4n) is 1.70. The highest BCUT2D eigenvalue weighted by atomic mass is 35.5. The summed E-state index contributed by atoms with van der Waals surface area (Å²) in [6, 6.07) is 2.95. The van der Waals surface area contributed by atoms with E-state index < -0.39 is 10.0 Å². The maximum absolute atomic E-state index is 12.2. The molecule has 1 aromatic carbocycles. The van der Waals surface area contributed by atoms with Crippen LogP contribution < -0.4 is 10.5 Å². The first-order valence-electron chi connectivity index (χ1n) is 6.91. The minimum Gasteiger partial charge on any atom is -0.398 e. The van der Waals surface area contributed by atoms with Crippen molar-refractivity contribution in [3.63, 3.8) is 0 Å². The smallest absolute Gasteiger partial charge is 0.242 e. The van der Waals surface area contributed by atoms with Gasteiger partial charge in [0.05, 0.1) is 11.1 Å². The lowest BCUT2D eigenvalue weighted by atomic mass is 10.2. The number of nitrogens with one attached hydrogen (secondary N) is 1. The summed E-state index contributed by atoms with van der Waals surface area (Å²) in [6.07, 6.45) is 1.69. The van der Waals surface area contributed by atoms with Gasteiger partial charge in [0.15, 0.2) is 0 Å². The van der Waals surface area contributed by atoms with E-state index >= 15 is 0 Å². The van der Waals surface area contributed by atoms with E-state index in [1.54, 1.807) is 13.0 Å². The molecule has 0 saturated heterocycles. The first-order valence-corrected chi connectivity index (χ1v) is 8.77. The van der Waals surface area contributed by atoms with Gasteiger partial charge in [0, 0.05) is 18.8 Å². The van der Waals surface area contributed by atoms with Crippen molar-refractivity contribution in [1.29, 1.82) is 0 Å². The molecule has 0 radical (unpaired) electrons. The molecule has 0 amide bonds. The van der Waals surface area contributed by atoms with Crippen LogP contribution >= 0.6 is 11.6 Å². The predicted octanol–water partition coefficient (Wildman–Crippen LogP) is 2.71. The number of rotatable bonds is 8. The van der Waals surface area contributed by atoms with Crippen LogP contribution in [0, 0.1) is 6.92 Å². The Hall–Kier alpha value is -0.820. The lowest BCUT2D eigenvalue weighted by Crippen LogP contribution is -2.25. The number of sulfonamides is 1. The molecule has 3 N–H and O–H groups in total. The third kappa shape index (κ3) is 5.82. The topological polar surface area (TPSA) is 81.4 Å².